The number of carbonyl (C=O) groups is 4. The third kappa shape index (κ3) is 5.82. The summed E-state index contributed by atoms with van der Waals surface area (Å²) < 4.78 is 15.4. The highest BCUT2D eigenvalue weighted by atomic mass is 16.6. The number of carboxylic acids is 1. The van der Waals surface area contributed by atoms with Crippen molar-refractivity contribution in [1.82, 2.24) is 5.32 Å². The molecule has 0 spiro atoms. The van der Waals surface area contributed by atoms with Gasteiger partial charge in [-0.1, -0.05) is 36.4 Å². The predicted octanol–water partition coefficient (Wildman–Crippen LogP) is 2.43. The number of esters is 2. The summed E-state index contributed by atoms with van der Waals surface area (Å²) in [6.45, 7) is -0.0931. The molecular formula is C23H19NO8. The molecule has 2 N–H and O–H groups in total. The van der Waals surface area contributed by atoms with E-state index in [4.69, 9.17) is 13.9 Å². The van der Waals surface area contributed by atoms with E-state index in [0.29, 0.717) is 5.76 Å². The van der Waals surface area contributed by atoms with Gasteiger partial charge in [-0.3, -0.25) is 4.79 Å². The van der Waals surface area contributed by atoms with E-state index < -0.39 is 36.0 Å². The number of carboxylic acid groups (broad SMARTS) is 1. The minimum absolute atomic E-state index is 0.0721. The highest BCUT2D eigenvalue weighted by Gasteiger charge is 2.40. The van der Waals surface area contributed by atoms with Crippen LogP contribution in [0, 0.1) is 0 Å². The van der Waals surface area contributed by atoms with E-state index in [1.807, 2.05) is 0 Å². The summed E-state index contributed by atoms with van der Waals surface area (Å²) >= 11 is 0. The fraction of sp³-hybridized carbons (Fsp3) is 0.130. The lowest BCUT2D eigenvalue weighted by Gasteiger charge is -2.23. The molecule has 0 fully saturated rings. The van der Waals surface area contributed by atoms with Gasteiger partial charge in [0, 0.05) is 0 Å². The van der Waals surface area contributed by atoms with Gasteiger partial charge in [0.1, 0.15) is 5.76 Å². The maximum Gasteiger partial charge on any atom is 0.349 e. The van der Waals surface area contributed by atoms with Gasteiger partial charge in [-0.25, -0.2) is 14.4 Å². The molecule has 1 heterocycles. The van der Waals surface area contributed by atoms with Crippen molar-refractivity contribution in [3.63, 3.8) is 0 Å². The van der Waals surface area contributed by atoms with E-state index in [2.05, 4.69) is 5.32 Å². The third-order valence-electron chi connectivity index (χ3n) is 4.28. The maximum atomic E-state index is 12.8. The molecule has 3 rings (SSSR count). The summed E-state index contributed by atoms with van der Waals surface area (Å²) in [7, 11) is 0. The fourth-order valence-corrected chi connectivity index (χ4v) is 2.70. The molecule has 0 saturated carbocycles. The van der Waals surface area contributed by atoms with E-state index in [9.17, 15) is 24.3 Å². The van der Waals surface area contributed by atoms with Crippen molar-refractivity contribution < 1.29 is 38.2 Å². The standard InChI is InChI=1S/C23H19NO8/c25-20(24-14-17-12-7-13-30-17)18(31-22(28)15-8-3-1-4-9-15)19(21(26)27)32-23(29)16-10-5-2-6-11-16/h1-13,18-19H,14H2,(H,24,25)(H,26,27). The second-order valence-electron chi connectivity index (χ2n) is 6.52. The third-order valence-corrected chi connectivity index (χ3v) is 4.28. The molecule has 2 aromatic carbocycles. The second kappa shape index (κ2) is 10.6. The van der Waals surface area contributed by atoms with Crippen LogP contribution < -0.4 is 5.32 Å². The number of ether oxygens (including phenoxy) is 2. The number of amides is 1. The molecule has 2 unspecified atom stereocenters. The zero-order valence-corrected chi connectivity index (χ0v) is 16.7. The first-order chi connectivity index (χ1) is 15.5. The Morgan fingerprint density at radius 1 is 0.781 bits per heavy atom. The van der Waals surface area contributed by atoms with Crippen LogP contribution in [0.2, 0.25) is 0 Å². The first-order valence-electron chi connectivity index (χ1n) is 9.50. The molecule has 32 heavy (non-hydrogen) atoms. The highest BCUT2D eigenvalue weighted by Crippen LogP contribution is 2.14. The molecule has 2 atom stereocenters. The highest BCUT2D eigenvalue weighted by molar-refractivity contribution is 5.96. The smallest absolute Gasteiger partial charge is 0.349 e. The van der Waals surface area contributed by atoms with Crippen molar-refractivity contribution >= 4 is 23.8 Å². The Kier molecular flexibility index (Phi) is 7.37. The fourth-order valence-electron chi connectivity index (χ4n) is 2.70. The number of hydrogen-bond acceptors (Lipinski definition) is 7. The molecule has 0 bridgehead atoms. The average Bonchev–Trinajstić information content (AvgIpc) is 3.34. The van der Waals surface area contributed by atoms with Gasteiger partial charge in [-0.15, -0.1) is 0 Å². The molecular weight excluding hydrogens is 418 g/mol. The van der Waals surface area contributed by atoms with Crippen LogP contribution in [0.3, 0.4) is 0 Å². The number of aliphatic carboxylic acids is 1. The molecule has 9 heteroatoms. The first-order valence-corrected chi connectivity index (χ1v) is 9.50. The van der Waals surface area contributed by atoms with Crippen LogP contribution in [0.1, 0.15) is 26.5 Å². The topological polar surface area (TPSA) is 132 Å². The van der Waals surface area contributed by atoms with Crippen LogP contribution in [0.15, 0.2) is 83.5 Å². The van der Waals surface area contributed by atoms with Gasteiger partial charge in [-0.05, 0) is 36.4 Å². The van der Waals surface area contributed by atoms with E-state index >= 15 is 0 Å². The molecule has 9 nitrogen and oxygen atoms in total. The van der Waals surface area contributed by atoms with Gasteiger partial charge < -0.3 is 24.3 Å². The van der Waals surface area contributed by atoms with Gasteiger partial charge in [0.15, 0.2) is 0 Å². The Morgan fingerprint density at radius 3 is 1.78 bits per heavy atom. The maximum absolute atomic E-state index is 12.8. The number of nitrogens with one attached hydrogen (secondary N) is 1. The van der Waals surface area contributed by atoms with Gasteiger partial charge in [0.05, 0.1) is 23.9 Å². The lowest BCUT2D eigenvalue weighted by molar-refractivity contribution is -0.159. The van der Waals surface area contributed by atoms with Crippen molar-refractivity contribution in [3.8, 4) is 0 Å². The Bertz CT molecular complexity index is 1060. The Hall–Kier alpha value is -4.40. The summed E-state index contributed by atoms with van der Waals surface area (Å²) in [5, 5.41) is 12.1. The van der Waals surface area contributed by atoms with E-state index in [-0.39, 0.29) is 17.7 Å². The monoisotopic (exact) mass is 437 g/mol. The van der Waals surface area contributed by atoms with Crippen LogP contribution in [0.4, 0.5) is 0 Å². The van der Waals surface area contributed by atoms with Crippen molar-refractivity contribution in [2.24, 2.45) is 0 Å². The molecule has 1 amide bonds. The summed E-state index contributed by atoms with van der Waals surface area (Å²) in [4.78, 5) is 49.6. The summed E-state index contributed by atoms with van der Waals surface area (Å²) in [5.41, 5.74) is 0.165. The summed E-state index contributed by atoms with van der Waals surface area (Å²) in [6, 6.07) is 18.5. The normalized spacial score (nSPS) is 12.2. The molecule has 1 aromatic heterocycles. The van der Waals surface area contributed by atoms with E-state index in [1.165, 1.54) is 30.5 Å². The largest absolute Gasteiger partial charge is 0.478 e. The zero-order chi connectivity index (χ0) is 22.9. The summed E-state index contributed by atoms with van der Waals surface area (Å²) in [5.74, 6) is -4.18. The molecule has 0 aliphatic rings. The van der Waals surface area contributed by atoms with Crippen LogP contribution >= 0.6 is 0 Å². The van der Waals surface area contributed by atoms with Gasteiger partial charge >= 0.3 is 17.9 Å². The number of furan rings is 1. The van der Waals surface area contributed by atoms with Crippen molar-refractivity contribution in [2.75, 3.05) is 0 Å². The minimum atomic E-state index is -2.09. The first kappa shape index (κ1) is 22.3. The van der Waals surface area contributed by atoms with Gasteiger partial charge in [0.25, 0.3) is 5.91 Å². The minimum Gasteiger partial charge on any atom is -0.478 e. The van der Waals surface area contributed by atoms with Crippen molar-refractivity contribution in [3.05, 3.63) is 95.9 Å². The Labute approximate surface area is 182 Å². The van der Waals surface area contributed by atoms with Crippen molar-refractivity contribution in [2.45, 2.75) is 18.8 Å². The van der Waals surface area contributed by atoms with Crippen molar-refractivity contribution in [1.29, 1.82) is 0 Å². The lowest BCUT2D eigenvalue weighted by atomic mass is 10.1. The molecule has 0 saturated heterocycles. The number of benzene rings is 2. The molecule has 0 radical (unpaired) electrons. The number of carbonyl (C=O) groups excluding carboxylic acids is 3. The molecule has 3 aromatic rings. The second-order valence-corrected chi connectivity index (χ2v) is 6.52. The summed E-state index contributed by atoms with van der Waals surface area (Å²) in [6.07, 6.45) is -2.65. The lowest BCUT2D eigenvalue weighted by Crippen LogP contribution is -2.50. The van der Waals surface area contributed by atoms with Crippen LogP contribution in [0.25, 0.3) is 0 Å². The zero-order valence-electron chi connectivity index (χ0n) is 16.7. The van der Waals surface area contributed by atoms with Gasteiger partial charge in [-0.2, -0.15) is 0 Å². The number of rotatable bonds is 9. The SMILES string of the molecule is O=C(OC(C(=O)O)C(OC(=O)c1ccccc1)C(=O)NCc1ccco1)c1ccccc1. The average molecular weight is 437 g/mol. The van der Waals surface area contributed by atoms with E-state index in [0.717, 1.165) is 0 Å². The van der Waals surface area contributed by atoms with E-state index in [1.54, 1.807) is 48.5 Å². The molecule has 164 valence electrons. The van der Waals surface area contributed by atoms with Crippen LogP contribution in [-0.4, -0.2) is 41.1 Å². The molecule has 0 aliphatic heterocycles. The van der Waals surface area contributed by atoms with Crippen LogP contribution in [-0.2, 0) is 25.6 Å². The Balaban J connectivity index is 1.83. The number of hydrogen-bond donors (Lipinski definition) is 2. The quantitative estimate of drug-likeness (QED) is 0.488. The predicted molar refractivity (Wildman–Crippen MR) is 109 cm³/mol. The molecule has 0 aliphatic carbocycles. The van der Waals surface area contributed by atoms with Crippen LogP contribution in [0.5, 0.6) is 0 Å². The Morgan fingerprint density at radius 2 is 1.31 bits per heavy atom. The van der Waals surface area contributed by atoms with Gasteiger partial charge in [0.2, 0.25) is 12.2 Å².